The van der Waals surface area contributed by atoms with Crippen LogP contribution in [-0.4, -0.2) is 144 Å². The molecule has 3 atom stereocenters. The number of carbonyl (C=O) groups is 3. The van der Waals surface area contributed by atoms with Gasteiger partial charge in [0, 0.05) is 84.6 Å². The molecule has 0 saturated heterocycles. The van der Waals surface area contributed by atoms with Gasteiger partial charge in [-0.3, -0.25) is 28.8 Å². The maximum absolute atomic E-state index is 14.4. The first-order chi connectivity index (χ1) is 43.5. The highest BCUT2D eigenvalue weighted by molar-refractivity contribution is 8.77. The van der Waals surface area contributed by atoms with Crippen molar-refractivity contribution in [1.29, 1.82) is 0 Å². The maximum Gasteiger partial charge on any atom is 0.276 e. The van der Waals surface area contributed by atoms with E-state index in [0.717, 1.165) is 77.8 Å². The Labute approximate surface area is 537 Å². The Kier molecular flexibility index (Phi) is 22.0. The van der Waals surface area contributed by atoms with E-state index in [-0.39, 0.29) is 55.2 Å². The first-order valence-corrected chi connectivity index (χ1v) is 35.2. The molecule has 90 heavy (non-hydrogen) atoms. The van der Waals surface area contributed by atoms with Gasteiger partial charge in [0.15, 0.2) is 28.2 Å². The van der Waals surface area contributed by atoms with Crippen LogP contribution < -0.4 is 44.3 Å². The molecule has 3 amide bonds. The molecule has 5 aliphatic rings. The van der Waals surface area contributed by atoms with Crippen LogP contribution in [0, 0.1) is 5.92 Å². The van der Waals surface area contributed by atoms with Crippen LogP contribution >= 0.6 is 21.6 Å². The van der Waals surface area contributed by atoms with Crippen molar-refractivity contribution in [3.05, 3.63) is 124 Å². The quantitative estimate of drug-likeness (QED) is 0.0214. The molecular formula is C68H86N6O13S3. The zero-order valence-electron chi connectivity index (χ0n) is 52.8. The molecule has 3 unspecified atom stereocenters. The second kappa shape index (κ2) is 29.8. The van der Waals surface area contributed by atoms with Gasteiger partial charge in [-0.25, -0.2) is 0 Å². The summed E-state index contributed by atoms with van der Waals surface area (Å²) < 4.78 is 78.3. The Balaban J connectivity index is 0.919. The Hall–Kier alpha value is -6.53. The second-order valence-corrected chi connectivity index (χ2v) is 29.1. The molecule has 19 nitrogen and oxygen atoms in total. The van der Waals surface area contributed by atoms with E-state index in [1.54, 1.807) is 55.2 Å². The van der Waals surface area contributed by atoms with E-state index in [1.807, 2.05) is 79.6 Å². The minimum atomic E-state index is -4.72. The summed E-state index contributed by atoms with van der Waals surface area (Å²) in [6.45, 7) is 11.9. The number of amides is 3. The van der Waals surface area contributed by atoms with E-state index in [9.17, 15) is 27.4 Å². The van der Waals surface area contributed by atoms with Gasteiger partial charge in [0.25, 0.3) is 21.9 Å². The zero-order valence-corrected chi connectivity index (χ0v) is 55.2. The fourth-order valence-electron chi connectivity index (χ4n) is 13.3. The lowest BCUT2D eigenvalue weighted by Crippen LogP contribution is -2.57. The van der Waals surface area contributed by atoms with Crippen molar-refractivity contribution in [3.63, 3.8) is 0 Å². The van der Waals surface area contributed by atoms with Crippen molar-refractivity contribution in [2.75, 3.05) is 99.8 Å². The van der Waals surface area contributed by atoms with Gasteiger partial charge in [0.2, 0.25) is 5.91 Å². The molecule has 4 heterocycles. The van der Waals surface area contributed by atoms with E-state index in [1.165, 1.54) is 10.8 Å². The number of carbonyl (C=O) groups excluding carboxylic acids is 3. The van der Waals surface area contributed by atoms with Crippen molar-refractivity contribution in [2.45, 2.75) is 133 Å². The molecule has 10 rings (SSSR count). The second-order valence-electron chi connectivity index (χ2n) is 24.3. The smallest absolute Gasteiger partial charge is 0.276 e. The number of anilines is 4. The van der Waals surface area contributed by atoms with Crippen LogP contribution in [0.4, 0.5) is 28.4 Å². The molecule has 1 aliphatic carbocycles. The summed E-state index contributed by atoms with van der Waals surface area (Å²) in [6, 6.07) is 28.8. The van der Waals surface area contributed by atoms with Gasteiger partial charge in [0.05, 0.1) is 81.8 Å². The number of methoxy groups -OCH3 is 3. The van der Waals surface area contributed by atoms with Crippen LogP contribution in [0.2, 0.25) is 0 Å². The number of para-hydroxylation sites is 2. The van der Waals surface area contributed by atoms with Crippen molar-refractivity contribution in [1.82, 2.24) is 5.32 Å². The van der Waals surface area contributed by atoms with Gasteiger partial charge in [-0.05, 0) is 123 Å². The van der Waals surface area contributed by atoms with Gasteiger partial charge in [-0.15, -0.1) is 0 Å². The van der Waals surface area contributed by atoms with Gasteiger partial charge in [-0.2, -0.15) is 8.42 Å². The molecule has 3 N–H and O–H groups in total. The normalized spacial score (nSPS) is 17.4. The first kappa shape index (κ1) is 66.4. The fraction of sp³-hybridized carbons (Fsp3) is 0.500. The Morgan fingerprint density at radius 2 is 1.38 bits per heavy atom. The largest absolute Gasteiger partial charge is 0.493 e. The Morgan fingerprint density at radius 1 is 0.767 bits per heavy atom. The van der Waals surface area contributed by atoms with Gasteiger partial charge in [0.1, 0.15) is 13.2 Å². The van der Waals surface area contributed by atoms with E-state index < -0.39 is 31.6 Å². The summed E-state index contributed by atoms with van der Waals surface area (Å²) in [6.07, 6.45) is 9.75. The highest BCUT2D eigenvalue weighted by atomic mass is 33.1. The van der Waals surface area contributed by atoms with Crippen molar-refractivity contribution in [2.24, 2.45) is 10.9 Å². The van der Waals surface area contributed by atoms with E-state index in [0.29, 0.717) is 117 Å². The topological polar surface area (TPSA) is 216 Å². The van der Waals surface area contributed by atoms with Crippen LogP contribution in [-0.2, 0) is 55.2 Å². The lowest BCUT2D eigenvalue weighted by molar-refractivity contribution is -0.124. The number of fused-ring (bicyclic) bond motifs is 8. The highest BCUT2D eigenvalue weighted by Crippen LogP contribution is 2.45. The summed E-state index contributed by atoms with van der Waals surface area (Å²) >= 11 is 0. The van der Waals surface area contributed by atoms with Crippen LogP contribution in [0.3, 0.4) is 0 Å². The minimum absolute atomic E-state index is 0.0593. The Bertz CT molecular complexity index is 3500. The van der Waals surface area contributed by atoms with Gasteiger partial charge in [-0.1, -0.05) is 91.1 Å². The monoisotopic (exact) mass is 1290 g/mol. The standard InChI is InChI=1S/C68H86N6O13S3/c1-8-68(9-2,49-19-11-10-12-20-49)71-64(75)63(90(78,79)80)23-30-88-89-67(3,4)44-72(24-25-84-28-29-85-27-26-81-5)50-32-45(42-86-61-38-55-53(36-59(61)82-6)65(76)73-51(40-69-55)34-47-17-13-15-21-57(47)73)31-46(33-50)43-87-62-39-56-54(37-60(62)83-7)66(77)74-52(41-70-56)35-48-18-14-16-22-58(48)74/h13-18,21-22,31-33,36-40,49,51-52,63,70H,8-12,19-20,23-30,34-35,41-44H2,1-7H3,(H,71,75)(H,78,79,80). The fourth-order valence-corrected chi connectivity index (χ4v) is 16.8. The lowest BCUT2D eigenvalue weighted by atomic mass is 9.71. The zero-order chi connectivity index (χ0) is 63.6. The molecule has 0 spiro atoms. The Morgan fingerprint density at radius 3 is 2.03 bits per heavy atom. The van der Waals surface area contributed by atoms with Crippen molar-refractivity contribution >= 4 is 84.1 Å². The lowest BCUT2D eigenvalue weighted by Gasteiger charge is -2.43. The summed E-state index contributed by atoms with van der Waals surface area (Å²) in [4.78, 5) is 53.4. The average Bonchev–Trinajstić information content (AvgIpc) is 1.61. The van der Waals surface area contributed by atoms with Crippen LogP contribution in [0.15, 0.2) is 96.0 Å². The third-order valence-electron chi connectivity index (χ3n) is 18.0. The number of hydrogen-bond donors (Lipinski definition) is 3. The minimum Gasteiger partial charge on any atom is -0.493 e. The van der Waals surface area contributed by atoms with Crippen LogP contribution in [0.5, 0.6) is 23.0 Å². The van der Waals surface area contributed by atoms with E-state index in [2.05, 4.69) is 47.6 Å². The SMILES string of the molecule is CCC(CC)(NC(=O)C(CCSSC(C)(C)CN(CCOCCOCCOC)c1cc(COc2cc3c(cc2OC)C(=O)N2c4ccccc4CC2C=N3)cc(COc2cc3c(cc2OC)C(=O)N2c4ccccc4CC2CN3)c1)S(=O)(=O)O)C1CCCCC1. The van der Waals surface area contributed by atoms with Gasteiger partial charge >= 0.3 is 0 Å². The summed E-state index contributed by atoms with van der Waals surface area (Å²) in [7, 11) is 3.04. The summed E-state index contributed by atoms with van der Waals surface area (Å²) in [5.41, 5.74) is 7.85. The highest BCUT2D eigenvalue weighted by Gasteiger charge is 2.43. The molecule has 5 aromatic carbocycles. The summed E-state index contributed by atoms with van der Waals surface area (Å²) in [5, 5.41) is 5.10. The van der Waals surface area contributed by atoms with Crippen molar-refractivity contribution in [3.8, 4) is 23.0 Å². The summed E-state index contributed by atoms with van der Waals surface area (Å²) in [5.74, 6) is 1.19. The molecule has 0 bridgehead atoms. The van der Waals surface area contributed by atoms with Crippen LogP contribution in [0.25, 0.3) is 0 Å². The van der Waals surface area contributed by atoms with Gasteiger partial charge < -0.3 is 53.6 Å². The van der Waals surface area contributed by atoms with Crippen molar-refractivity contribution < 1.29 is 60.5 Å². The number of ether oxygens (including phenoxy) is 7. The predicted octanol–water partition coefficient (Wildman–Crippen LogP) is 11.7. The number of rotatable bonds is 31. The molecule has 0 radical (unpaired) electrons. The molecule has 4 aliphatic heterocycles. The average molecular weight is 1290 g/mol. The molecule has 484 valence electrons. The molecule has 1 fully saturated rings. The maximum atomic E-state index is 14.4. The number of benzene rings is 5. The molecule has 5 aromatic rings. The van der Waals surface area contributed by atoms with E-state index >= 15 is 0 Å². The van der Waals surface area contributed by atoms with E-state index in [4.69, 9.17) is 38.2 Å². The first-order valence-electron chi connectivity index (χ1n) is 31.4. The number of nitrogens with zero attached hydrogens (tertiary/aromatic N) is 4. The molecule has 22 heteroatoms. The third kappa shape index (κ3) is 15.3. The molecule has 0 aromatic heterocycles. The van der Waals surface area contributed by atoms with Crippen LogP contribution in [0.1, 0.15) is 122 Å². The molecular weight excluding hydrogens is 1200 g/mol. The predicted molar refractivity (Wildman–Crippen MR) is 357 cm³/mol. The number of aliphatic imine (C=N–C) groups is 1. The third-order valence-corrected chi connectivity index (χ3v) is 22.5. The molecule has 1 saturated carbocycles. The number of hydrogen-bond acceptors (Lipinski definition) is 17. The number of nitrogens with one attached hydrogen (secondary N) is 2.